The van der Waals surface area contributed by atoms with Gasteiger partial charge in [-0.15, -0.1) is 0 Å². The quantitative estimate of drug-likeness (QED) is 0.197. The lowest BCUT2D eigenvalue weighted by atomic mass is 9.77. The number of fused-ring (bicyclic) bond motifs is 4. The number of hydrogen-bond acceptors (Lipinski definition) is 5. The lowest BCUT2D eigenvalue weighted by Gasteiger charge is -2.45. The van der Waals surface area contributed by atoms with Gasteiger partial charge in [-0.05, 0) is 84.3 Å². The van der Waals surface area contributed by atoms with Crippen LogP contribution in [-0.2, 0) is 11.8 Å². The second-order valence-corrected chi connectivity index (χ2v) is 13.4. The van der Waals surface area contributed by atoms with Gasteiger partial charge in [0, 0.05) is 63.6 Å². The minimum Gasteiger partial charge on any atom is -0.459 e. The van der Waals surface area contributed by atoms with Crippen molar-refractivity contribution in [3.63, 3.8) is 0 Å². The van der Waals surface area contributed by atoms with Crippen LogP contribution in [0.3, 0.4) is 0 Å². The molecule has 7 rings (SSSR count). The smallest absolute Gasteiger partial charge is 0.228 e. The Morgan fingerprint density at radius 1 is 0.733 bits per heavy atom. The zero-order valence-corrected chi connectivity index (χ0v) is 27.4. The molecule has 0 aromatic heterocycles. The molecular weight excluding hydrogens is 552 g/mol. The van der Waals surface area contributed by atoms with Crippen LogP contribution in [-0.4, -0.2) is 47.2 Å². The molecule has 0 amide bonds. The van der Waals surface area contributed by atoms with Gasteiger partial charge in [-0.3, -0.25) is 4.99 Å². The van der Waals surface area contributed by atoms with Crippen LogP contribution >= 0.6 is 0 Å². The van der Waals surface area contributed by atoms with Crippen LogP contribution in [0.5, 0.6) is 5.75 Å². The van der Waals surface area contributed by atoms with Gasteiger partial charge in [0.2, 0.25) is 5.72 Å². The van der Waals surface area contributed by atoms with Crippen molar-refractivity contribution < 1.29 is 4.74 Å². The Labute approximate surface area is 267 Å². The van der Waals surface area contributed by atoms with E-state index in [9.17, 15) is 0 Å². The van der Waals surface area contributed by atoms with Gasteiger partial charge in [0.25, 0.3) is 0 Å². The normalized spacial score (nSPS) is 17.8. The van der Waals surface area contributed by atoms with E-state index in [4.69, 9.17) is 9.73 Å². The average molecular weight is 595 g/mol. The first-order valence-electron chi connectivity index (χ1n) is 15.8. The summed E-state index contributed by atoms with van der Waals surface area (Å²) in [5.41, 5.74) is 8.55. The monoisotopic (exact) mass is 594 g/mol. The minimum absolute atomic E-state index is 0.162. The van der Waals surface area contributed by atoms with Gasteiger partial charge in [0.1, 0.15) is 11.4 Å². The zero-order chi connectivity index (χ0) is 31.5. The van der Waals surface area contributed by atoms with E-state index in [1.54, 1.807) is 0 Å². The van der Waals surface area contributed by atoms with Crippen LogP contribution in [0.2, 0.25) is 0 Å². The maximum absolute atomic E-state index is 7.18. The molecule has 2 aliphatic rings. The summed E-state index contributed by atoms with van der Waals surface area (Å²) in [6, 6.07) is 37.5. The molecule has 1 atom stereocenters. The number of hydrogen-bond donors (Lipinski definition) is 0. The van der Waals surface area contributed by atoms with Crippen molar-refractivity contribution in [2.75, 3.05) is 49.9 Å². The molecule has 2 heterocycles. The molecule has 0 N–H and O–H groups in total. The largest absolute Gasteiger partial charge is 0.459 e. The van der Waals surface area contributed by atoms with Gasteiger partial charge in [-0.25, -0.2) is 0 Å². The Hall–Kier alpha value is -4.77. The Kier molecular flexibility index (Phi) is 6.88. The molecule has 45 heavy (non-hydrogen) atoms. The fourth-order valence-electron chi connectivity index (χ4n) is 7.32. The molecule has 0 fully saturated rings. The van der Waals surface area contributed by atoms with Crippen LogP contribution in [0, 0.1) is 0 Å². The topological polar surface area (TPSA) is 31.3 Å². The molecular formula is C40H42N4O. The summed E-state index contributed by atoms with van der Waals surface area (Å²) in [5.74, 6) is 0.998. The second-order valence-electron chi connectivity index (χ2n) is 13.4. The van der Waals surface area contributed by atoms with Crippen molar-refractivity contribution in [2.45, 2.75) is 37.3 Å². The van der Waals surface area contributed by atoms with Gasteiger partial charge in [0.05, 0.1) is 11.6 Å². The van der Waals surface area contributed by atoms with Gasteiger partial charge >= 0.3 is 0 Å². The third kappa shape index (κ3) is 4.56. The van der Waals surface area contributed by atoms with Crippen molar-refractivity contribution in [3.05, 3.63) is 125 Å². The molecule has 5 nitrogen and oxygen atoms in total. The molecule has 5 heteroatoms. The Bertz CT molecular complexity index is 1850. The molecule has 5 aromatic rings. The SMILES string of the molecule is CN(C)c1ccc(C(Cc2cc3c(c4ccccc24)N=CC2(O3)N(C)c3ccccc3C2(C)C)c2ccc(N(C)C)cc2)cc1. The predicted octanol–water partition coefficient (Wildman–Crippen LogP) is 8.57. The number of anilines is 3. The number of rotatable bonds is 6. The summed E-state index contributed by atoms with van der Waals surface area (Å²) in [6.45, 7) is 4.53. The fraction of sp³-hybridized carbons (Fsp3) is 0.275. The highest BCUT2D eigenvalue weighted by Gasteiger charge is 2.58. The summed E-state index contributed by atoms with van der Waals surface area (Å²) in [6.07, 6.45) is 2.86. The molecule has 0 aliphatic carbocycles. The summed E-state index contributed by atoms with van der Waals surface area (Å²) < 4.78 is 7.18. The first-order valence-corrected chi connectivity index (χ1v) is 15.8. The minimum atomic E-state index is -0.729. The van der Waals surface area contributed by atoms with E-state index in [-0.39, 0.29) is 11.3 Å². The van der Waals surface area contributed by atoms with Crippen LogP contribution in [0.1, 0.15) is 42.0 Å². The number of aliphatic imine (C=N–C) groups is 1. The third-order valence-corrected chi connectivity index (χ3v) is 10.1. The first kappa shape index (κ1) is 29.0. The summed E-state index contributed by atoms with van der Waals surface area (Å²) in [4.78, 5) is 11.7. The Balaban J connectivity index is 1.35. The molecule has 1 spiro atoms. The Morgan fingerprint density at radius 2 is 1.29 bits per heavy atom. The number of likely N-dealkylation sites (N-methyl/N-ethyl adjacent to an activating group) is 1. The van der Waals surface area contributed by atoms with E-state index in [0.29, 0.717) is 0 Å². The molecule has 0 radical (unpaired) electrons. The van der Waals surface area contributed by atoms with Crippen LogP contribution in [0.25, 0.3) is 10.8 Å². The predicted molar refractivity (Wildman–Crippen MR) is 190 cm³/mol. The highest BCUT2D eigenvalue weighted by molar-refractivity contribution is 6.01. The molecule has 0 saturated carbocycles. The number of para-hydroxylation sites is 1. The van der Waals surface area contributed by atoms with Crippen molar-refractivity contribution in [1.29, 1.82) is 0 Å². The highest BCUT2D eigenvalue weighted by Crippen LogP contribution is 2.54. The van der Waals surface area contributed by atoms with E-state index in [2.05, 4.69) is 167 Å². The van der Waals surface area contributed by atoms with Crippen molar-refractivity contribution >= 4 is 39.7 Å². The lowest BCUT2D eigenvalue weighted by molar-refractivity contribution is 0.0826. The number of ether oxygens (including phenoxy) is 1. The lowest BCUT2D eigenvalue weighted by Crippen LogP contribution is -2.61. The summed E-state index contributed by atoms with van der Waals surface area (Å²) in [7, 11) is 10.5. The van der Waals surface area contributed by atoms with Gasteiger partial charge in [0.15, 0.2) is 0 Å². The fourth-order valence-corrected chi connectivity index (χ4v) is 7.32. The maximum atomic E-state index is 7.18. The van der Waals surface area contributed by atoms with E-state index in [1.165, 1.54) is 44.7 Å². The molecule has 2 aliphatic heterocycles. The van der Waals surface area contributed by atoms with Crippen LogP contribution < -0.4 is 19.4 Å². The van der Waals surface area contributed by atoms with Crippen LogP contribution in [0.15, 0.2) is 108 Å². The van der Waals surface area contributed by atoms with Crippen molar-refractivity contribution in [2.24, 2.45) is 4.99 Å². The molecule has 1 unspecified atom stereocenters. The molecule has 0 saturated heterocycles. The van der Waals surface area contributed by atoms with Crippen LogP contribution in [0.4, 0.5) is 22.7 Å². The average Bonchev–Trinajstić information content (AvgIpc) is 3.21. The first-order chi connectivity index (χ1) is 21.6. The van der Waals surface area contributed by atoms with Gasteiger partial charge in [-0.2, -0.15) is 0 Å². The number of benzene rings is 5. The number of nitrogens with zero attached hydrogens (tertiary/aromatic N) is 4. The maximum Gasteiger partial charge on any atom is 0.228 e. The highest BCUT2D eigenvalue weighted by atomic mass is 16.5. The standard InChI is InChI=1S/C40H42N4O/c1-39(2)35-14-10-11-15-36(35)44(7)40(39)26-41-38-33-13-9-8-12-32(33)29(25-37(38)45-40)24-34(27-16-20-30(21-17-27)42(3)4)28-18-22-31(23-19-28)43(5)6/h8-23,25-26,34H,24H2,1-7H3. The molecule has 5 aromatic carbocycles. The second kappa shape index (κ2) is 10.7. The van der Waals surface area contributed by atoms with E-state index in [1.807, 2.05) is 6.21 Å². The van der Waals surface area contributed by atoms with E-state index >= 15 is 0 Å². The Morgan fingerprint density at radius 3 is 1.87 bits per heavy atom. The zero-order valence-electron chi connectivity index (χ0n) is 27.4. The third-order valence-electron chi connectivity index (χ3n) is 10.1. The van der Waals surface area contributed by atoms with Crippen molar-refractivity contribution in [3.8, 4) is 5.75 Å². The van der Waals surface area contributed by atoms with Gasteiger partial charge < -0.3 is 19.4 Å². The summed E-state index contributed by atoms with van der Waals surface area (Å²) in [5, 5.41) is 2.34. The summed E-state index contributed by atoms with van der Waals surface area (Å²) >= 11 is 0. The van der Waals surface area contributed by atoms with E-state index in [0.717, 1.165) is 23.2 Å². The molecule has 228 valence electrons. The van der Waals surface area contributed by atoms with Crippen molar-refractivity contribution in [1.82, 2.24) is 0 Å². The molecule has 0 bridgehead atoms. The van der Waals surface area contributed by atoms with E-state index < -0.39 is 5.72 Å². The van der Waals surface area contributed by atoms with Gasteiger partial charge in [-0.1, -0.05) is 66.7 Å².